The average Bonchev–Trinajstić information content (AvgIpc) is 2.24. The Hall–Kier alpha value is -0.300. The SMILES string of the molecule is CC(C)C1=C(C(C)C)[C@@H](C)O[C@H]1C. The van der Waals surface area contributed by atoms with E-state index >= 15 is 0 Å². The lowest BCUT2D eigenvalue weighted by Gasteiger charge is -2.16. The molecule has 2 atom stereocenters. The van der Waals surface area contributed by atoms with E-state index < -0.39 is 0 Å². The van der Waals surface area contributed by atoms with E-state index in [2.05, 4.69) is 41.5 Å². The van der Waals surface area contributed by atoms with Crippen LogP contribution in [0.15, 0.2) is 11.1 Å². The van der Waals surface area contributed by atoms with Gasteiger partial charge in [0.2, 0.25) is 0 Å². The first kappa shape index (κ1) is 10.8. The molecule has 1 aliphatic heterocycles. The largest absolute Gasteiger partial charge is 0.367 e. The minimum atomic E-state index is 0.326. The minimum Gasteiger partial charge on any atom is -0.367 e. The Bertz CT molecular complexity index is 191. The Kier molecular flexibility index (Phi) is 3.18. The smallest absolute Gasteiger partial charge is 0.0771 e. The quantitative estimate of drug-likeness (QED) is 0.595. The summed E-state index contributed by atoms with van der Waals surface area (Å²) in [7, 11) is 0. The second-order valence-corrected chi connectivity index (χ2v) is 4.64. The number of hydrogen-bond acceptors (Lipinski definition) is 1. The lowest BCUT2D eigenvalue weighted by Crippen LogP contribution is -2.10. The van der Waals surface area contributed by atoms with Gasteiger partial charge in [0.25, 0.3) is 0 Å². The molecule has 0 aromatic carbocycles. The maximum atomic E-state index is 5.83. The third kappa shape index (κ3) is 1.96. The predicted molar refractivity (Wildman–Crippen MR) is 56.7 cm³/mol. The summed E-state index contributed by atoms with van der Waals surface area (Å²) < 4.78 is 5.83. The van der Waals surface area contributed by atoms with Crippen molar-refractivity contribution in [2.45, 2.75) is 53.8 Å². The van der Waals surface area contributed by atoms with Crippen molar-refractivity contribution in [2.24, 2.45) is 11.8 Å². The van der Waals surface area contributed by atoms with Crippen molar-refractivity contribution in [3.63, 3.8) is 0 Å². The first-order valence-electron chi connectivity index (χ1n) is 5.34. The van der Waals surface area contributed by atoms with Crippen LogP contribution in [0, 0.1) is 11.8 Å². The molecular formula is C12H22O. The van der Waals surface area contributed by atoms with E-state index in [0.29, 0.717) is 24.0 Å². The highest BCUT2D eigenvalue weighted by Gasteiger charge is 2.31. The Morgan fingerprint density at radius 2 is 1.15 bits per heavy atom. The van der Waals surface area contributed by atoms with E-state index in [-0.39, 0.29) is 0 Å². The number of hydrogen-bond donors (Lipinski definition) is 0. The highest BCUT2D eigenvalue weighted by molar-refractivity contribution is 5.28. The lowest BCUT2D eigenvalue weighted by atomic mass is 9.87. The molecule has 0 spiro atoms. The van der Waals surface area contributed by atoms with Crippen molar-refractivity contribution in [1.29, 1.82) is 0 Å². The molecule has 0 aromatic rings. The molecule has 0 fully saturated rings. The third-order valence-corrected chi connectivity index (χ3v) is 2.86. The van der Waals surface area contributed by atoms with Gasteiger partial charge in [0.15, 0.2) is 0 Å². The molecule has 0 amide bonds. The van der Waals surface area contributed by atoms with E-state index in [1.54, 1.807) is 0 Å². The third-order valence-electron chi connectivity index (χ3n) is 2.86. The van der Waals surface area contributed by atoms with Gasteiger partial charge in [0.05, 0.1) is 12.2 Å². The summed E-state index contributed by atoms with van der Waals surface area (Å²) in [6.07, 6.45) is 0.653. The molecule has 0 N–H and O–H groups in total. The van der Waals surface area contributed by atoms with Crippen molar-refractivity contribution < 1.29 is 4.74 Å². The van der Waals surface area contributed by atoms with Crippen LogP contribution in [0.5, 0.6) is 0 Å². The van der Waals surface area contributed by atoms with Crippen molar-refractivity contribution >= 4 is 0 Å². The van der Waals surface area contributed by atoms with Crippen LogP contribution in [0.2, 0.25) is 0 Å². The first-order valence-corrected chi connectivity index (χ1v) is 5.34. The fourth-order valence-corrected chi connectivity index (χ4v) is 2.53. The van der Waals surface area contributed by atoms with Crippen LogP contribution < -0.4 is 0 Å². The standard InChI is InChI=1S/C12H22O/c1-7(2)11-9(5)13-10(6)12(11)8(3)4/h7-10H,1-6H3/t9-,10+. The normalized spacial score (nSPS) is 29.5. The average molecular weight is 182 g/mol. The molecule has 0 unspecified atom stereocenters. The van der Waals surface area contributed by atoms with Crippen LogP contribution in [-0.2, 0) is 4.74 Å². The van der Waals surface area contributed by atoms with Gasteiger partial charge in [0, 0.05) is 0 Å². The van der Waals surface area contributed by atoms with Crippen molar-refractivity contribution in [3.05, 3.63) is 11.1 Å². The Labute approximate surface area is 82.2 Å². The predicted octanol–water partition coefficient (Wildman–Crippen LogP) is 3.40. The van der Waals surface area contributed by atoms with Crippen LogP contribution in [0.1, 0.15) is 41.5 Å². The molecule has 76 valence electrons. The molecule has 1 heterocycles. The topological polar surface area (TPSA) is 9.23 Å². The molecule has 1 nitrogen and oxygen atoms in total. The monoisotopic (exact) mass is 182 g/mol. The molecule has 0 bridgehead atoms. The molecule has 13 heavy (non-hydrogen) atoms. The lowest BCUT2D eigenvalue weighted by molar-refractivity contribution is 0.0691. The molecule has 0 saturated heterocycles. The van der Waals surface area contributed by atoms with Crippen molar-refractivity contribution in [3.8, 4) is 0 Å². The van der Waals surface area contributed by atoms with E-state index in [1.807, 2.05) is 0 Å². The zero-order valence-corrected chi connectivity index (χ0v) is 9.72. The van der Waals surface area contributed by atoms with E-state index in [9.17, 15) is 0 Å². The number of rotatable bonds is 2. The minimum absolute atomic E-state index is 0.326. The van der Waals surface area contributed by atoms with Gasteiger partial charge < -0.3 is 4.74 Å². The summed E-state index contributed by atoms with van der Waals surface area (Å²) in [6.45, 7) is 13.4. The highest BCUT2D eigenvalue weighted by atomic mass is 16.5. The zero-order chi connectivity index (χ0) is 10.2. The van der Waals surface area contributed by atoms with Crippen LogP contribution in [0.3, 0.4) is 0 Å². The van der Waals surface area contributed by atoms with Crippen molar-refractivity contribution in [2.75, 3.05) is 0 Å². The van der Waals surface area contributed by atoms with Gasteiger partial charge in [-0.2, -0.15) is 0 Å². The maximum absolute atomic E-state index is 5.83. The second kappa shape index (κ2) is 3.83. The molecule has 0 radical (unpaired) electrons. The zero-order valence-electron chi connectivity index (χ0n) is 9.72. The summed E-state index contributed by atoms with van der Waals surface area (Å²) in [4.78, 5) is 0. The summed E-state index contributed by atoms with van der Waals surface area (Å²) in [5.74, 6) is 1.25. The van der Waals surface area contributed by atoms with E-state index in [4.69, 9.17) is 4.74 Å². The van der Waals surface area contributed by atoms with Crippen LogP contribution in [0.4, 0.5) is 0 Å². The maximum Gasteiger partial charge on any atom is 0.0771 e. The molecular weight excluding hydrogens is 160 g/mol. The molecule has 0 aromatic heterocycles. The fourth-order valence-electron chi connectivity index (χ4n) is 2.53. The van der Waals surface area contributed by atoms with Gasteiger partial charge in [-0.05, 0) is 36.8 Å². The first-order chi connectivity index (χ1) is 5.95. The summed E-state index contributed by atoms with van der Waals surface area (Å²) in [5.41, 5.74) is 3.06. The van der Waals surface area contributed by atoms with Crippen LogP contribution in [0.25, 0.3) is 0 Å². The summed E-state index contributed by atoms with van der Waals surface area (Å²) in [6, 6.07) is 0. The Morgan fingerprint density at radius 1 is 0.846 bits per heavy atom. The summed E-state index contributed by atoms with van der Waals surface area (Å²) in [5, 5.41) is 0. The fraction of sp³-hybridized carbons (Fsp3) is 0.833. The number of ether oxygens (including phenoxy) is 1. The van der Waals surface area contributed by atoms with Gasteiger partial charge in [-0.1, -0.05) is 27.7 Å². The van der Waals surface area contributed by atoms with E-state index in [0.717, 1.165) is 0 Å². The molecule has 1 aliphatic rings. The van der Waals surface area contributed by atoms with Crippen LogP contribution >= 0.6 is 0 Å². The van der Waals surface area contributed by atoms with Gasteiger partial charge >= 0.3 is 0 Å². The molecule has 0 saturated carbocycles. The van der Waals surface area contributed by atoms with Gasteiger partial charge in [-0.3, -0.25) is 0 Å². The van der Waals surface area contributed by atoms with Crippen LogP contribution in [-0.4, -0.2) is 12.2 Å². The summed E-state index contributed by atoms with van der Waals surface area (Å²) >= 11 is 0. The van der Waals surface area contributed by atoms with Gasteiger partial charge in [-0.25, -0.2) is 0 Å². The van der Waals surface area contributed by atoms with Crippen molar-refractivity contribution in [1.82, 2.24) is 0 Å². The second-order valence-electron chi connectivity index (χ2n) is 4.64. The Morgan fingerprint density at radius 3 is 1.38 bits per heavy atom. The molecule has 1 heteroatoms. The Balaban J connectivity index is 3.03. The van der Waals surface area contributed by atoms with Gasteiger partial charge in [0.1, 0.15) is 0 Å². The highest BCUT2D eigenvalue weighted by Crippen LogP contribution is 2.35. The molecule has 1 rings (SSSR count). The van der Waals surface area contributed by atoms with E-state index in [1.165, 1.54) is 11.1 Å². The van der Waals surface area contributed by atoms with Gasteiger partial charge in [-0.15, -0.1) is 0 Å². The molecule has 0 aliphatic carbocycles.